The highest BCUT2D eigenvalue weighted by atomic mass is 35.5. The number of nitrogens with zero attached hydrogens (tertiary/aromatic N) is 6. The van der Waals surface area contributed by atoms with Crippen LogP contribution in [-0.4, -0.2) is 32.0 Å². The lowest BCUT2D eigenvalue weighted by molar-refractivity contribution is 0.863. The normalized spacial score (nSPS) is 11.7. The summed E-state index contributed by atoms with van der Waals surface area (Å²) in [5, 5.41) is 18.2. The molecule has 2 aromatic heterocycles. The quantitative estimate of drug-likeness (QED) is 0.309. The number of aryl methyl sites for hydroxylation is 2. The van der Waals surface area contributed by atoms with Crippen molar-refractivity contribution in [1.29, 1.82) is 0 Å². The number of hydrogen-bond donors (Lipinski definition) is 0. The smallest absolute Gasteiger partial charge is 0.142 e. The largest absolute Gasteiger partial charge is 0.221 e. The lowest BCUT2D eigenvalue weighted by Crippen LogP contribution is -1.96. The van der Waals surface area contributed by atoms with E-state index in [0.717, 1.165) is 22.8 Å². The molecule has 0 aliphatic rings. The molecular weight excluding hydrogens is 419 g/mol. The summed E-state index contributed by atoms with van der Waals surface area (Å²) in [5.41, 5.74) is 4.69. The Bertz CT molecular complexity index is 1130. The summed E-state index contributed by atoms with van der Waals surface area (Å²) in [5.74, 6) is 0. The molecule has 0 atom stereocenters. The maximum Gasteiger partial charge on any atom is 0.142 e. The van der Waals surface area contributed by atoms with Gasteiger partial charge in [-0.1, -0.05) is 59.6 Å². The van der Waals surface area contributed by atoms with Crippen LogP contribution in [0.25, 0.3) is 11.4 Å². The Balaban J connectivity index is 1.58. The van der Waals surface area contributed by atoms with E-state index in [0.29, 0.717) is 21.4 Å². The van der Waals surface area contributed by atoms with Crippen molar-refractivity contribution in [3.05, 3.63) is 93.5 Å². The van der Waals surface area contributed by atoms with Gasteiger partial charge in [-0.15, -0.1) is 0 Å². The van der Waals surface area contributed by atoms with E-state index in [1.54, 1.807) is 21.8 Å². The average Bonchev–Trinajstić information content (AvgIpc) is 3.22. The summed E-state index contributed by atoms with van der Waals surface area (Å²) in [6.07, 6.45) is 3.18. The first kappa shape index (κ1) is 20.1. The molecule has 0 bridgehead atoms. The van der Waals surface area contributed by atoms with Crippen molar-refractivity contribution < 1.29 is 0 Å². The maximum atomic E-state index is 6.50. The second-order valence-electron chi connectivity index (χ2n) is 6.56. The van der Waals surface area contributed by atoms with Gasteiger partial charge in [0.05, 0.1) is 46.3 Å². The fraction of sp³-hybridized carbons (Fsp3) is 0.0909. The maximum absolute atomic E-state index is 6.50. The average molecular weight is 437 g/mol. The van der Waals surface area contributed by atoms with Crippen LogP contribution in [0, 0.1) is 13.8 Å². The molecular formula is C22H18Cl2N6. The summed E-state index contributed by atoms with van der Waals surface area (Å²) in [4.78, 5) is 0. The van der Waals surface area contributed by atoms with Gasteiger partial charge in [-0.3, -0.25) is 0 Å². The minimum atomic E-state index is 0.476. The van der Waals surface area contributed by atoms with Crippen molar-refractivity contribution >= 4 is 35.6 Å². The Morgan fingerprint density at radius 3 is 1.40 bits per heavy atom. The van der Waals surface area contributed by atoms with Crippen LogP contribution in [0.5, 0.6) is 0 Å². The highest BCUT2D eigenvalue weighted by Gasteiger charge is 2.14. The van der Waals surface area contributed by atoms with Gasteiger partial charge in [0, 0.05) is 0 Å². The van der Waals surface area contributed by atoms with Crippen molar-refractivity contribution in [3.8, 4) is 11.4 Å². The molecule has 2 aromatic carbocycles. The Morgan fingerprint density at radius 1 is 0.667 bits per heavy atom. The van der Waals surface area contributed by atoms with E-state index in [1.807, 2.05) is 74.5 Å². The Morgan fingerprint density at radius 2 is 1.03 bits per heavy atom. The molecule has 0 saturated carbocycles. The number of rotatable bonds is 5. The molecule has 8 heteroatoms. The van der Waals surface area contributed by atoms with Gasteiger partial charge in [0.1, 0.15) is 10.3 Å². The number of para-hydroxylation sites is 2. The van der Waals surface area contributed by atoms with Gasteiger partial charge in [0.15, 0.2) is 0 Å². The summed E-state index contributed by atoms with van der Waals surface area (Å²) >= 11 is 13.0. The van der Waals surface area contributed by atoms with E-state index in [4.69, 9.17) is 23.2 Å². The van der Waals surface area contributed by atoms with E-state index in [2.05, 4.69) is 20.4 Å². The van der Waals surface area contributed by atoms with Crippen LogP contribution < -0.4 is 0 Å². The molecule has 30 heavy (non-hydrogen) atoms. The third-order valence-corrected chi connectivity index (χ3v) is 5.27. The van der Waals surface area contributed by atoms with Crippen LogP contribution in [0.2, 0.25) is 10.3 Å². The summed E-state index contributed by atoms with van der Waals surface area (Å²) in [6.45, 7) is 3.75. The van der Waals surface area contributed by atoms with Crippen LogP contribution >= 0.6 is 23.2 Å². The second-order valence-corrected chi connectivity index (χ2v) is 7.28. The molecule has 4 aromatic rings. The van der Waals surface area contributed by atoms with Gasteiger partial charge in [0.25, 0.3) is 0 Å². The van der Waals surface area contributed by atoms with E-state index < -0.39 is 0 Å². The highest BCUT2D eigenvalue weighted by Crippen LogP contribution is 2.23. The summed E-state index contributed by atoms with van der Waals surface area (Å²) < 4.78 is 3.35. The topological polar surface area (TPSA) is 60.4 Å². The minimum Gasteiger partial charge on any atom is -0.221 e. The van der Waals surface area contributed by atoms with E-state index >= 15 is 0 Å². The molecule has 150 valence electrons. The number of hydrogen-bond acceptors (Lipinski definition) is 4. The first-order chi connectivity index (χ1) is 14.6. The van der Waals surface area contributed by atoms with E-state index in [1.165, 1.54) is 0 Å². The Hall–Kier alpha value is -3.22. The van der Waals surface area contributed by atoms with Crippen LogP contribution in [0.15, 0.2) is 70.9 Å². The lowest BCUT2D eigenvalue weighted by Gasteiger charge is -2.01. The standard InChI is InChI=1S/C22H18Cl2N6/c1-15-19(21(23)29(27-15)17-9-5-3-6-10-17)13-25-26-14-20-16(2)28-30(22(20)24)18-11-7-4-8-12-18/h3-14H,1-2H3. The van der Waals surface area contributed by atoms with Crippen molar-refractivity contribution in [3.63, 3.8) is 0 Å². The molecule has 0 saturated heterocycles. The zero-order chi connectivity index (χ0) is 21.1. The van der Waals surface area contributed by atoms with Crippen molar-refractivity contribution in [1.82, 2.24) is 19.6 Å². The Kier molecular flexibility index (Phi) is 5.79. The first-order valence-electron chi connectivity index (χ1n) is 9.23. The molecule has 2 heterocycles. The summed E-state index contributed by atoms with van der Waals surface area (Å²) in [7, 11) is 0. The van der Waals surface area contributed by atoms with Gasteiger partial charge < -0.3 is 0 Å². The molecule has 0 amide bonds. The number of halogens is 2. The number of aromatic nitrogens is 4. The third-order valence-electron chi connectivity index (χ3n) is 4.54. The molecule has 0 spiro atoms. The molecule has 0 radical (unpaired) electrons. The zero-order valence-electron chi connectivity index (χ0n) is 16.4. The van der Waals surface area contributed by atoms with Crippen molar-refractivity contribution in [2.45, 2.75) is 13.8 Å². The second kappa shape index (κ2) is 8.65. The van der Waals surface area contributed by atoms with Gasteiger partial charge >= 0.3 is 0 Å². The van der Waals surface area contributed by atoms with Crippen LogP contribution in [0.1, 0.15) is 22.5 Å². The molecule has 0 aliphatic heterocycles. The zero-order valence-corrected chi connectivity index (χ0v) is 17.9. The molecule has 6 nitrogen and oxygen atoms in total. The first-order valence-corrected chi connectivity index (χ1v) is 9.99. The fourth-order valence-corrected chi connectivity index (χ4v) is 3.62. The van der Waals surface area contributed by atoms with Crippen LogP contribution in [0.3, 0.4) is 0 Å². The predicted molar refractivity (Wildman–Crippen MR) is 122 cm³/mol. The van der Waals surface area contributed by atoms with Crippen LogP contribution in [0.4, 0.5) is 0 Å². The SMILES string of the molecule is Cc1nn(-c2ccccc2)c(Cl)c1C=NN=Cc1c(C)nn(-c2ccccc2)c1Cl. The van der Waals surface area contributed by atoms with Gasteiger partial charge in [-0.2, -0.15) is 20.4 Å². The van der Waals surface area contributed by atoms with Crippen LogP contribution in [-0.2, 0) is 0 Å². The molecule has 4 rings (SSSR count). The number of benzene rings is 2. The monoisotopic (exact) mass is 436 g/mol. The lowest BCUT2D eigenvalue weighted by atomic mass is 10.3. The van der Waals surface area contributed by atoms with E-state index in [-0.39, 0.29) is 0 Å². The van der Waals surface area contributed by atoms with E-state index in [9.17, 15) is 0 Å². The molecule has 0 N–H and O–H groups in total. The third kappa shape index (κ3) is 3.92. The van der Waals surface area contributed by atoms with Gasteiger partial charge in [-0.25, -0.2) is 9.36 Å². The molecule has 0 fully saturated rings. The fourth-order valence-electron chi connectivity index (χ4n) is 2.98. The minimum absolute atomic E-state index is 0.476. The predicted octanol–water partition coefficient (Wildman–Crippen LogP) is 5.43. The summed E-state index contributed by atoms with van der Waals surface area (Å²) in [6, 6.07) is 19.4. The van der Waals surface area contributed by atoms with Crippen molar-refractivity contribution in [2.24, 2.45) is 10.2 Å². The van der Waals surface area contributed by atoms with Crippen molar-refractivity contribution in [2.75, 3.05) is 0 Å². The molecule has 0 aliphatic carbocycles. The van der Waals surface area contributed by atoms with Gasteiger partial charge in [0.2, 0.25) is 0 Å². The van der Waals surface area contributed by atoms with Gasteiger partial charge in [-0.05, 0) is 38.1 Å². The highest BCUT2D eigenvalue weighted by molar-refractivity contribution is 6.33. The molecule has 0 unspecified atom stereocenters. The Labute approximate surface area is 184 Å².